The van der Waals surface area contributed by atoms with Crippen molar-refractivity contribution in [1.82, 2.24) is 10.2 Å². The maximum Gasteiger partial charge on any atom is 0.0454 e. The number of nitrogens with zero attached hydrogens (tertiary/aromatic N) is 1. The molecular weight excluding hydrogens is 291 g/mol. The van der Waals surface area contributed by atoms with Crippen molar-refractivity contribution in [3.63, 3.8) is 0 Å². The summed E-state index contributed by atoms with van der Waals surface area (Å²) >= 11 is 12.4. The lowest BCUT2D eigenvalue weighted by Crippen LogP contribution is -2.46. The van der Waals surface area contributed by atoms with Crippen molar-refractivity contribution in [2.24, 2.45) is 0 Å². The maximum absolute atomic E-state index is 6.29. The van der Waals surface area contributed by atoms with Crippen LogP contribution in [-0.2, 0) is 0 Å². The highest BCUT2D eigenvalue weighted by Crippen LogP contribution is 2.30. The molecule has 0 aliphatic carbocycles. The van der Waals surface area contributed by atoms with Crippen LogP contribution in [0.1, 0.15) is 44.2 Å². The van der Waals surface area contributed by atoms with Gasteiger partial charge in [0, 0.05) is 28.2 Å². The zero-order valence-electron chi connectivity index (χ0n) is 11.9. The first-order valence-electron chi connectivity index (χ1n) is 7.58. The summed E-state index contributed by atoms with van der Waals surface area (Å²) in [6, 6.07) is 7.35. The van der Waals surface area contributed by atoms with E-state index >= 15 is 0 Å². The van der Waals surface area contributed by atoms with Gasteiger partial charge in [-0.05, 0) is 69.5 Å². The minimum Gasteiger partial charge on any atom is -0.307 e. The molecule has 1 N–H and O–H groups in total. The SMILES string of the molecule is CC(NC1CCN2CCCC2C1)c1cc(Cl)ccc1Cl. The van der Waals surface area contributed by atoms with E-state index in [2.05, 4.69) is 17.1 Å². The Morgan fingerprint density at radius 3 is 2.95 bits per heavy atom. The molecule has 3 rings (SSSR count). The number of nitrogens with one attached hydrogen (secondary N) is 1. The smallest absolute Gasteiger partial charge is 0.0454 e. The molecule has 0 saturated carbocycles. The molecule has 3 atom stereocenters. The number of piperidine rings is 1. The lowest BCUT2D eigenvalue weighted by molar-refractivity contribution is 0.162. The molecule has 110 valence electrons. The van der Waals surface area contributed by atoms with E-state index in [4.69, 9.17) is 23.2 Å². The van der Waals surface area contributed by atoms with E-state index < -0.39 is 0 Å². The van der Waals surface area contributed by atoms with E-state index in [0.29, 0.717) is 6.04 Å². The number of hydrogen-bond acceptors (Lipinski definition) is 2. The molecule has 3 unspecified atom stereocenters. The summed E-state index contributed by atoms with van der Waals surface area (Å²) in [6.45, 7) is 4.71. The minimum absolute atomic E-state index is 0.249. The molecule has 0 aromatic heterocycles. The normalized spacial score (nSPS) is 28.4. The van der Waals surface area contributed by atoms with Crippen molar-refractivity contribution in [2.45, 2.75) is 50.7 Å². The standard InChI is InChI=1S/C16H22Cl2N2/c1-11(15-9-12(17)4-5-16(15)18)19-13-6-8-20-7-2-3-14(20)10-13/h4-5,9,11,13-14,19H,2-3,6-8,10H2,1H3. The van der Waals surface area contributed by atoms with Gasteiger partial charge in [-0.3, -0.25) is 0 Å². The Morgan fingerprint density at radius 1 is 1.25 bits per heavy atom. The molecule has 1 aromatic rings. The van der Waals surface area contributed by atoms with Gasteiger partial charge in [0.2, 0.25) is 0 Å². The molecule has 0 radical (unpaired) electrons. The Bertz CT molecular complexity index is 478. The summed E-state index contributed by atoms with van der Waals surface area (Å²) in [4.78, 5) is 2.65. The molecular formula is C16H22Cl2N2. The van der Waals surface area contributed by atoms with Crippen LogP contribution in [0.5, 0.6) is 0 Å². The molecule has 2 nitrogen and oxygen atoms in total. The third-order valence-electron chi connectivity index (χ3n) is 4.73. The molecule has 2 fully saturated rings. The van der Waals surface area contributed by atoms with Crippen LogP contribution in [0.2, 0.25) is 10.0 Å². The Kier molecular flexibility index (Phi) is 4.56. The van der Waals surface area contributed by atoms with E-state index in [1.165, 1.54) is 38.8 Å². The molecule has 0 amide bonds. The first-order valence-corrected chi connectivity index (χ1v) is 8.34. The summed E-state index contributed by atoms with van der Waals surface area (Å²) in [7, 11) is 0. The lowest BCUT2D eigenvalue weighted by Gasteiger charge is -2.36. The van der Waals surface area contributed by atoms with Crippen LogP contribution in [0.15, 0.2) is 18.2 Å². The Morgan fingerprint density at radius 2 is 2.10 bits per heavy atom. The zero-order valence-corrected chi connectivity index (χ0v) is 13.4. The van der Waals surface area contributed by atoms with Crippen molar-refractivity contribution in [3.05, 3.63) is 33.8 Å². The van der Waals surface area contributed by atoms with Crippen molar-refractivity contribution < 1.29 is 0 Å². The second-order valence-electron chi connectivity index (χ2n) is 6.11. The Hall–Kier alpha value is -0.280. The van der Waals surface area contributed by atoms with Gasteiger partial charge < -0.3 is 10.2 Å². The van der Waals surface area contributed by atoms with Crippen molar-refractivity contribution in [1.29, 1.82) is 0 Å². The number of rotatable bonds is 3. The summed E-state index contributed by atoms with van der Waals surface area (Å²) in [5.41, 5.74) is 1.10. The molecule has 0 spiro atoms. The van der Waals surface area contributed by atoms with Crippen LogP contribution in [-0.4, -0.2) is 30.1 Å². The number of benzene rings is 1. The van der Waals surface area contributed by atoms with Gasteiger partial charge in [-0.25, -0.2) is 0 Å². The topological polar surface area (TPSA) is 15.3 Å². The van der Waals surface area contributed by atoms with Crippen LogP contribution >= 0.6 is 23.2 Å². The molecule has 4 heteroatoms. The highest BCUT2D eigenvalue weighted by molar-refractivity contribution is 6.33. The largest absolute Gasteiger partial charge is 0.307 e. The van der Waals surface area contributed by atoms with Gasteiger partial charge in [0.25, 0.3) is 0 Å². The van der Waals surface area contributed by atoms with Crippen molar-refractivity contribution in [3.8, 4) is 0 Å². The monoisotopic (exact) mass is 312 g/mol. The van der Waals surface area contributed by atoms with Gasteiger partial charge >= 0.3 is 0 Å². The summed E-state index contributed by atoms with van der Waals surface area (Å²) < 4.78 is 0. The summed E-state index contributed by atoms with van der Waals surface area (Å²) in [6.07, 6.45) is 5.24. The molecule has 0 bridgehead atoms. The maximum atomic E-state index is 6.29. The summed E-state index contributed by atoms with van der Waals surface area (Å²) in [5.74, 6) is 0. The predicted molar refractivity (Wildman–Crippen MR) is 85.6 cm³/mol. The van der Waals surface area contributed by atoms with Gasteiger partial charge in [-0.15, -0.1) is 0 Å². The zero-order chi connectivity index (χ0) is 14.1. The van der Waals surface area contributed by atoms with Crippen LogP contribution in [0.3, 0.4) is 0 Å². The quantitative estimate of drug-likeness (QED) is 0.896. The molecule has 2 saturated heterocycles. The number of hydrogen-bond donors (Lipinski definition) is 1. The van der Waals surface area contributed by atoms with Gasteiger partial charge in [-0.2, -0.15) is 0 Å². The third-order valence-corrected chi connectivity index (χ3v) is 5.31. The fourth-order valence-electron chi connectivity index (χ4n) is 3.67. The van der Waals surface area contributed by atoms with Crippen LogP contribution < -0.4 is 5.32 Å². The number of halogens is 2. The molecule has 1 aromatic carbocycles. The van der Waals surface area contributed by atoms with Gasteiger partial charge in [0.15, 0.2) is 0 Å². The van der Waals surface area contributed by atoms with E-state index in [0.717, 1.165) is 21.7 Å². The van der Waals surface area contributed by atoms with Gasteiger partial charge in [0.05, 0.1) is 0 Å². The third kappa shape index (κ3) is 3.14. The Balaban J connectivity index is 1.64. The van der Waals surface area contributed by atoms with Crippen LogP contribution in [0.25, 0.3) is 0 Å². The van der Waals surface area contributed by atoms with Gasteiger partial charge in [-0.1, -0.05) is 23.2 Å². The van der Waals surface area contributed by atoms with Crippen molar-refractivity contribution >= 4 is 23.2 Å². The number of fused-ring (bicyclic) bond motifs is 1. The fourth-order valence-corrected chi connectivity index (χ4v) is 4.13. The highest BCUT2D eigenvalue weighted by Gasteiger charge is 2.32. The summed E-state index contributed by atoms with van der Waals surface area (Å²) in [5, 5.41) is 5.30. The van der Waals surface area contributed by atoms with Gasteiger partial charge in [0.1, 0.15) is 0 Å². The second kappa shape index (κ2) is 6.23. The van der Waals surface area contributed by atoms with E-state index in [9.17, 15) is 0 Å². The fraction of sp³-hybridized carbons (Fsp3) is 0.625. The Labute approximate surface area is 131 Å². The molecule has 2 aliphatic heterocycles. The van der Waals surface area contributed by atoms with Crippen LogP contribution in [0.4, 0.5) is 0 Å². The highest BCUT2D eigenvalue weighted by atomic mass is 35.5. The average molecular weight is 313 g/mol. The first kappa shape index (κ1) is 14.6. The molecule has 20 heavy (non-hydrogen) atoms. The van der Waals surface area contributed by atoms with E-state index in [1.54, 1.807) is 0 Å². The average Bonchev–Trinajstić information content (AvgIpc) is 2.89. The van der Waals surface area contributed by atoms with E-state index in [1.807, 2.05) is 18.2 Å². The van der Waals surface area contributed by atoms with E-state index in [-0.39, 0.29) is 6.04 Å². The second-order valence-corrected chi connectivity index (χ2v) is 6.95. The molecule has 2 heterocycles. The minimum atomic E-state index is 0.249. The predicted octanol–water partition coefficient (Wildman–Crippen LogP) is 4.27. The van der Waals surface area contributed by atoms with Crippen molar-refractivity contribution in [2.75, 3.05) is 13.1 Å². The first-order chi connectivity index (χ1) is 9.63. The molecule has 2 aliphatic rings. The lowest BCUT2D eigenvalue weighted by atomic mass is 9.96. The van der Waals surface area contributed by atoms with Crippen LogP contribution in [0, 0.1) is 0 Å².